The molecule has 98 valence electrons. The second-order valence-corrected chi connectivity index (χ2v) is 4.07. The fraction of sp³-hybridized carbons (Fsp3) is 0.667. The minimum atomic E-state index is -1.34. The van der Waals surface area contributed by atoms with Crippen molar-refractivity contribution in [3.8, 4) is 0 Å². The monoisotopic (exact) mass is 244 g/mol. The average Bonchev–Trinajstić information content (AvgIpc) is 2.34. The van der Waals surface area contributed by atoms with Crippen LogP contribution in [0.25, 0.3) is 0 Å². The Morgan fingerprint density at radius 3 is 2.35 bits per heavy atom. The number of hydrogen-bond acceptors (Lipinski definition) is 5. The molecule has 0 aromatic carbocycles. The van der Waals surface area contributed by atoms with Gasteiger partial charge in [0, 0.05) is 0 Å². The first-order valence-electron chi connectivity index (χ1n) is 5.69. The zero-order valence-corrected chi connectivity index (χ0v) is 9.86. The van der Waals surface area contributed by atoms with Gasteiger partial charge in [-0.25, -0.2) is 0 Å². The lowest BCUT2D eigenvalue weighted by Gasteiger charge is -2.40. The molecule has 1 heterocycles. The van der Waals surface area contributed by atoms with E-state index in [9.17, 15) is 15.3 Å². The molecule has 1 aliphatic rings. The number of aliphatic hydroxyl groups excluding tert-OH is 4. The summed E-state index contributed by atoms with van der Waals surface area (Å²) < 4.78 is 5.39. The summed E-state index contributed by atoms with van der Waals surface area (Å²) in [6.07, 6.45) is -1.46. The third-order valence-corrected chi connectivity index (χ3v) is 2.90. The van der Waals surface area contributed by atoms with E-state index in [-0.39, 0.29) is 0 Å². The summed E-state index contributed by atoms with van der Waals surface area (Å²) in [5, 5.41) is 38.1. The lowest BCUT2D eigenvalue weighted by atomic mass is 9.91. The standard InChI is InChI=1S/C12H20O5/c1-3-5-7(4-2)12-11(16)10(15)9(14)8(6-13)17-12/h4-5,8-16H,2-3,6H2,1H3/b7-5+/t8-,9-,10+,11-,12+/m1/s1. The van der Waals surface area contributed by atoms with Crippen LogP contribution in [0.3, 0.4) is 0 Å². The van der Waals surface area contributed by atoms with Gasteiger partial charge in [-0.05, 0) is 12.0 Å². The van der Waals surface area contributed by atoms with Crippen LogP contribution in [-0.4, -0.2) is 57.6 Å². The summed E-state index contributed by atoms with van der Waals surface area (Å²) >= 11 is 0. The van der Waals surface area contributed by atoms with E-state index in [1.54, 1.807) is 0 Å². The van der Waals surface area contributed by atoms with Gasteiger partial charge in [0.15, 0.2) is 0 Å². The highest BCUT2D eigenvalue weighted by molar-refractivity contribution is 5.24. The summed E-state index contributed by atoms with van der Waals surface area (Å²) in [6, 6.07) is 0. The Morgan fingerprint density at radius 1 is 1.24 bits per heavy atom. The Kier molecular flexibility index (Phi) is 5.30. The highest BCUT2D eigenvalue weighted by Crippen LogP contribution is 2.26. The molecule has 5 nitrogen and oxygen atoms in total. The zero-order valence-electron chi connectivity index (χ0n) is 9.86. The normalized spacial score (nSPS) is 39.1. The number of rotatable bonds is 4. The number of ether oxygens (including phenoxy) is 1. The van der Waals surface area contributed by atoms with E-state index in [1.807, 2.05) is 13.0 Å². The van der Waals surface area contributed by atoms with E-state index in [0.29, 0.717) is 5.57 Å². The molecule has 0 saturated carbocycles. The van der Waals surface area contributed by atoms with Crippen molar-refractivity contribution in [3.05, 3.63) is 24.3 Å². The van der Waals surface area contributed by atoms with E-state index >= 15 is 0 Å². The second kappa shape index (κ2) is 6.28. The van der Waals surface area contributed by atoms with Gasteiger partial charge in [0.1, 0.15) is 30.5 Å². The van der Waals surface area contributed by atoms with Gasteiger partial charge in [-0.1, -0.05) is 25.7 Å². The quantitative estimate of drug-likeness (QED) is 0.493. The van der Waals surface area contributed by atoms with E-state index in [1.165, 1.54) is 6.08 Å². The topological polar surface area (TPSA) is 90.2 Å². The molecule has 1 aliphatic heterocycles. The van der Waals surface area contributed by atoms with Gasteiger partial charge < -0.3 is 25.2 Å². The summed E-state index contributed by atoms with van der Waals surface area (Å²) in [6.45, 7) is 5.12. The molecule has 1 saturated heterocycles. The van der Waals surface area contributed by atoms with E-state index in [0.717, 1.165) is 6.42 Å². The second-order valence-electron chi connectivity index (χ2n) is 4.07. The number of hydrogen-bond donors (Lipinski definition) is 4. The summed E-state index contributed by atoms with van der Waals surface area (Å²) in [5.41, 5.74) is 0.643. The Hall–Kier alpha value is -0.720. The maximum absolute atomic E-state index is 9.84. The SMILES string of the molecule is C=C/C(=C\CC)[C@@H]1O[C@H](CO)[C@@H](O)[C@H](O)[C@H]1O. The third-order valence-electron chi connectivity index (χ3n) is 2.90. The Balaban J connectivity index is 2.91. The molecule has 0 aromatic rings. The van der Waals surface area contributed by atoms with Crippen LogP contribution in [0, 0.1) is 0 Å². The van der Waals surface area contributed by atoms with Crippen LogP contribution in [0.15, 0.2) is 24.3 Å². The Labute approximate surface area is 101 Å². The smallest absolute Gasteiger partial charge is 0.113 e. The first kappa shape index (κ1) is 14.3. The molecule has 0 aliphatic carbocycles. The molecule has 5 heteroatoms. The van der Waals surface area contributed by atoms with Crippen molar-refractivity contribution in [1.29, 1.82) is 0 Å². The lowest BCUT2D eigenvalue weighted by molar-refractivity contribution is -0.218. The molecule has 0 bridgehead atoms. The minimum Gasteiger partial charge on any atom is -0.394 e. The van der Waals surface area contributed by atoms with Crippen molar-refractivity contribution < 1.29 is 25.2 Å². The molecule has 0 aromatic heterocycles. The fourth-order valence-corrected chi connectivity index (χ4v) is 1.93. The van der Waals surface area contributed by atoms with E-state index in [2.05, 4.69) is 6.58 Å². The molecule has 0 radical (unpaired) electrons. The van der Waals surface area contributed by atoms with Crippen LogP contribution in [-0.2, 0) is 4.74 Å². The summed E-state index contributed by atoms with van der Waals surface area (Å²) in [5.74, 6) is 0. The van der Waals surface area contributed by atoms with Crippen molar-refractivity contribution in [2.75, 3.05) is 6.61 Å². The van der Waals surface area contributed by atoms with Gasteiger partial charge in [0.2, 0.25) is 0 Å². The molecule has 0 amide bonds. The van der Waals surface area contributed by atoms with Crippen LogP contribution in [0.1, 0.15) is 13.3 Å². The highest BCUT2D eigenvalue weighted by Gasteiger charge is 2.43. The predicted molar refractivity (Wildman–Crippen MR) is 62.3 cm³/mol. The van der Waals surface area contributed by atoms with Crippen LogP contribution in [0.5, 0.6) is 0 Å². The Morgan fingerprint density at radius 2 is 1.88 bits per heavy atom. The van der Waals surface area contributed by atoms with Crippen molar-refractivity contribution in [2.45, 2.75) is 43.9 Å². The molecule has 0 spiro atoms. The van der Waals surface area contributed by atoms with Crippen molar-refractivity contribution >= 4 is 0 Å². The van der Waals surface area contributed by atoms with Gasteiger partial charge in [-0.3, -0.25) is 0 Å². The van der Waals surface area contributed by atoms with Gasteiger partial charge in [0.25, 0.3) is 0 Å². The largest absolute Gasteiger partial charge is 0.394 e. The summed E-state index contributed by atoms with van der Waals surface area (Å²) in [4.78, 5) is 0. The van der Waals surface area contributed by atoms with Crippen LogP contribution < -0.4 is 0 Å². The fourth-order valence-electron chi connectivity index (χ4n) is 1.93. The average molecular weight is 244 g/mol. The predicted octanol–water partition coefficient (Wildman–Crippen LogP) is -0.649. The minimum absolute atomic E-state index is 0.419. The van der Waals surface area contributed by atoms with Gasteiger partial charge in [-0.15, -0.1) is 0 Å². The number of aliphatic hydroxyl groups is 4. The summed E-state index contributed by atoms with van der Waals surface area (Å²) in [7, 11) is 0. The van der Waals surface area contributed by atoms with Gasteiger partial charge in [0.05, 0.1) is 6.61 Å². The molecular formula is C12H20O5. The van der Waals surface area contributed by atoms with E-state index < -0.39 is 37.1 Å². The molecular weight excluding hydrogens is 224 g/mol. The molecule has 0 unspecified atom stereocenters. The first-order chi connectivity index (χ1) is 8.06. The maximum atomic E-state index is 9.84. The highest BCUT2D eigenvalue weighted by atomic mass is 16.5. The van der Waals surface area contributed by atoms with Crippen LogP contribution in [0.4, 0.5) is 0 Å². The number of allylic oxidation sites excluding steroid dienone is 1. The van der Waals surface area contributed by atoms with Crippen LogP contribution in [0.2, 0.25) is 0 Å². The maximum Gasteiger partial charge on any atom is 0.113 e. The van der Waals surface area contributed by atoms with Gasteiger partial charge in [-0.2, -0.15) is 0 Å². The van der Waals surface area contributed by atoms with Crippen LogP contribution >= 0.6 is 0 Å². The Bertz CT molecular complexity index is 287. The molecule has 1 fully saturated rings. The third kappa shape index (κ3) is 2.94. The molecule has 17 heavy (non-hydrogen) atoms. The van der Waals surface area contributed by atoms with Crippen molar-refractivity contribution in [1.82, 2.24) is 0 Å². The lowest BCUT2D eigenvalue weighted by Crippen LogP contribution is -2.58. The van der Waals surface area contributed by atoms with E-state index in [4.69, 9.17) is 9.84 Å². The molecule has 4 N–H and O–H groups in total. The molecule has 5 atom stereocenters. The first-order valence-corrected chi connectivity index (χ1v) is 5.69. The molecule has 1 rings (SSSR count). The van der Waals surface area contributed by atoms with Gasteiger partial charge >= 0.3 is 0 Å². The van der Waals surface area contributed by atoms with Crippen molar-refractivity contribution in [2.24, 2.45) is 0 Å². The zero-order chi connectivity index (χ0) is 13.0. The van der Waals surface area contributed by atoms with Crippen molar-refractivity contribution in [3.63, 3.8) is 0 Å².